The number of fused-ring (bicyclic) bond motifs is 2. The monoisotopic (exact) mass is 379 g/mol. The van der Waals surface area contributed by atoms with Crippen LogP contribution in [-0.4, -0.2) is 50.9 Å². The van der Waals surface area contributed by atoms with Gasteiger partial charge >= 0.3 is 5.97 Å². The van der Waals surface area contributed by atoms with Crippen molar-refractivity contribution >= 4 is 28.7 Å². The van der Waals surface area contributed by atoms with Crippen molar-refractivity contribution in [3.63, 3.8) is 0 Å². The van der Waals surface area contributed by atoms with E-state index in [1.54, 1.807) is 6.92 Å². The summed E-state index contributed by atoms with van der Waals surface area (Å²) in [6.07, 6.45) is 3.25. The van der Waals surface area contributed by atoms with Gasteiger partial charge in [0.05, 0.1) is 23.9 Å². The second kappa shape index (κ2) is 6.80. The summed E-state index contributed by atoms with van der Waals surface area (Å²) < 4.78 is 4.91. The number of carbonyl (C=O) groups is 3. The van der Waals surface area contributed by atoms with Crippen LogP contribution < -0.4 is 0 Å². The number of esters is 1. The van der Waals surface area contributed by atoms with E-state index in [1.807, 2.05) is 30.5 Å². The summed E-state index contributed by atoms with van der Waals surface area (Å²) in [6, 6.07) is 7.73. The van der Waals surface area contributed by atoms with E-state index in [2.05, 4.69) is 9.97 Å². The van der Waals surface area contributed by atoms with Crippen molar-refractivity contribution in [2.24, 2.45) is 0 Å². The number of aromatic amines is 1. The fraction of sp³-hybridized carbons (Fsp3) is 0.200. The predicted molar refractivity (Wildman–Crippen MR) is 99.2 cm³/mol. The minimum absolute atomic E-state index is 0.0998. The van der Waals surface area contributed by atoms with Crippen LogP contribution in [0, 0.1) is 0 Å². The van der Waals surface area contributed by atoms with Gasteiger partial charge in [-0.25, -0.2) is 9.78 Å². The lowest BCUT2D eigenvalue weighted by atomic mass is 10.1. The number of nitrogens with one attached hydrogen (secondary N) is 1. The Hall–Kier alpha value is -3.68. The summed E-state index contributed by atoms with van der Waals surface area (Å²) in [5.41, 5.74) is 1.25. The lowest BCUT2D eigenvalue weighted by Gasteiger charge is -2.13. The standard InChI is InChI=1S/C20H17N3O5/c1-2-28-20(27)17-16-15(14(24)10-22-17)18(25)23(19(16)26)8-7-11-9-21-13-6-4-3-5-12(11)13/h3-6,9-10,21,24H,2,7-8H2,1H3. The largest absolute Gasteiger partial charge is 0.505 e. The highest BCUT2D eigenvalue weighted by Gasteiger charge is 2.42. The number of aromatic hydroxyl groups is 1. The molecule has 28 heavy (non-hydrogen) atoms. The number of rotatable bonds is 5. The molecule has 1 aliphatic rings. The van der Waals surface area contributed by atoms with Gasteiger partial charge in [-0.1, -0.05) is 18.2 Å². The van der Waals surface area contributed by atoms with Gasteiger partial charge in [0.15, 0.2) is 5.69 Å². The molecule has 3 heterocycles. The molecule has 0 atom stereocenters. The number of hydrogen-bond acceptors (Lipinski definition) is 6. The highest BCUT2D eigenvalue weighted by molar-refractivity contribution is 6.25. The summed E-state index contributed by atoms with van der Waals surface area (Å²) in [6.45, 7) is 1.83. The summed E-state index contributed by atoms with van der Waals surface area (Å²) in [5.74, 6) is -2.55. The van der Waals surface area contributed by atoms with Gasteiger partial charge in [-0.15, -0.1) is 0 Å². The van der Waals surface area contributed by atoms with Crippen LogP contribution >= 0.6 is 0 Å². The smallest absolute Gasteiger partial charge is 0.357 e. The molecular formula is C20H17N3O5. The maximum Gasteiger partial charge on any atom is 0.357 e. The molecule has 0 saturated heterocycles. The Morgan fingerprint density at radius 2 is 1.96 bits per heavy atom. The number of hydrogen-bond donors (Lipinski definition) is 2. The van der Waals surface area contributed by atoms with Crippen LogP contribution in [0.5, 0.6) is 5.75 Å². The molecular weight excluding hydrogens is 362 g/mol. The van der Waals surface area contributed by atoms with Gasteiger partial charge < -0.3 is 14.8 Å². The first kappa shape index (κ1) is 17.7. The number of amides is 2. The average Bonchev–Trinajstić information content (AvgIpc) is 3.21. The number of ether oxygens (including phenoxy) is 1. The minimum Gasteiger partial charge on any atom is -0.505 e. The molecule has 0 saturated carbocycles. The lowest BCUT2D eigenvalue weighted by molar-refractivity contribution is 0.0511. The zero-order valence-corrected chi connectivity index (χ0v) is 15.1. The van der Waals surface area contributed by atoms with Crippen molar-refractivity contribution in [2.45, 2.75) is 13.3 Å². The molecule has 142 valence electrons. The fourth-order valence-corrected chi connectivity index (χ4v) is 3.42. The van der Waals surface area contributed by atoms with E-state index in [0.29, 0.717) is 6.42 Å². The highest BCUT2D eigenvalue weighted by atomic mass is 16.5. The molecule has 8 heteroatoms. The highest BCUT2D eigenvalue weighted by Crippen LogP contribution is 2.32. The van der Waals surface area contributed by atoms with E-state index in [1.165, 1.54) is 0 Å². The Morgan fingerprint density at radius 3 is 2.75 bits per heavy atom. The maximum absolute atomic E-state index is 12.9. The molecule has 1 aliphatic heterocycles. The number of carbonyl (C=O) groups excluding carboxylic acids is 3. The molecule has 0 radical (unpaired) electrons. The number of pyridine rings is 1. The summed E-state index contributed by atoms with van der Waals surface area (Å²) in [4.78, 5) is 45.7. The fourth-order valence-electron chi connectivity index (χ4n) is 3.42. The summed E-state index contributed by atoms with van der Waals surface area (Å²) >= 11 is 0. The molecule has 0 aliphatic carbocycles. The van der Waals surface area contributed by atoms with Crippen molar-refractivity contribution in [3.8, 4) is 5.75 Å². The van der Waals surface area contributed by atoms with Crippen molar-refractivity contribution < 1.29 is 24.2 Å². The van der Waals surface area contributed by atoms with Crippen LogP contribution in [-0.2, 0) is 11.2 Å². The van der Waals surface area contributed by atoms with Crippen LogP contribution in [0.1, 0.15) is 43.7 Å². The zero-order valence-electron chi connectivity index (χ0n) is 15.1. The van der Waals surface area contributed by atoms with E-state index in [4.69, 9.17) is 4.74 Å². The van der Waals surface area contributed by atoms with Gasteiger partial charge in [0.25, 0.3) is 11.8 Å². The topological polar surface area (TPSA) is 113 Å². The molecule has 2 N–H and O–H groups in total. The number of imide groups is 1. The number of aromatic nitrogens is 2. The second-order valence-corrected chi connectivity index (χ2v) is 6.33. The Kier molecular flexibility index (Phi) is 4.31. The van der Waals surface area contributed by atoms with E-state index >= 15 is 0 Å². The van der Waals surface area contributed by atoms with Crippen molar-refractivity contribution in [2.75, 3.05) is 13.2 Å². The van der Waals surface area contributed by atoms with Gasteiger partial charge in [0.2, 0.25) is 0 Å². The van der Waals surface area contributed by atoms with E-state index < -0.39 is 23.5 Å². The Bertz CT molecular complexity index is 1120. The number of benzene rings is 1. The Labute approximate surface area is 159 Å². The molecule has 0 spiro atoms. The molecule has 2 amide bonds. The van der Waals surface area contributed by atoms with Gasteiger partial charge in [-0.2, -0.15) is 0 Å². The SMILES string of the molecule is CCOC(=O)c1ncc(O)c2c1C(=O)N(CCc1c[nH]c3ccccc13)C2=O. The number of para-hydroxylation sites is 1. The molecule has 0 unspecified atom stereocenters. The van der Waals surface area contributed by atoms with Crippen LogP contribution in [0.3, 0.4) is 0 Å². The van der Waals surface area contributed by atoms with Gasteiger partial charge in [0.1, 0.15) is 5.75 Å². The van der Waals surface area contributed by atoms with Gasteiger partial charge in [-0.3, -0.25) is 14.5 Å². The molecule has 0 bridgehead atoms. The van der Waals surface area contributed by atoms with E-state index in [9.17, 15) is 19.5 Å². The van der Waals surface area contributed by atoms with E-state index in [-0.39, 0.29) is 30.0 Å². The summed E-state index contributed by atoms with van der Waals surface area (Å²) in [7, 11) is 0. The number of nitrogens with zero attached hydrogens (tertiary/aromatic N) is 2. The maximum atomic E-state index is 12.9. The Balaban J connectivity index is 1.64. The first-order valence-electron chi connectivity index (χ1n) is 8.83. The molecule has 3 aromatic rings. The lowest BCUT2D eigenvalue weighted by Crippen LogP contribution is -2.32. The predicted octanol–water partition coefficient (Wildman–Crippen LogP) is 2.28. The van der Waals surface area contributed by atoms with Gasteiger partial charge in [0, 0.05) is 23.6 Å². The normalized spacial score (nSPS) is 13.2. The summed E-state index contributed by atoms with van der Waals surface area (Å²) in [5, 5.41) is 11.1. The molecule has 1 aromatic carbocycles. The molecule has 0 fully saturated rings. The van der Waals surface area contributed by atoms with Crippen LogP contribution in [0.15, 0.2) is 36.7 Å². The van der Waals surface area contributed by atoms with Gasteiger partial charge in [-0.05, 0) is 25.0 Å². The van der Waals surface area contributed by atoms with Crippen molar-refractivity contribution in [1.82, 2.24) is 14.9 Å². The zero-order chi connectivity index (χ0) is 19.8. The third-order valence-corrected chi connectivity index (χ3v) is 4.73. The first-order valence-corrected chi connectivity index (χ1v) is 8.83. The molecule has 8 nitrogen and oxygen atoms in total. The molecule has 2 aromatic heterocycles. The first-order chi connectivity index (χ1) is 13.5. The quantitative estimate of drug-likeness (QED) is 0.519. The van der Waals surface area contributed by atoms with E-state index in [0.717, 1.165) is 27.6 Å². The van der Waals surface area contributed by atoms with Crippen molar-refractivity contribution in [3.05, 3.63) is 59.0 Å². The van der Waals surface area contributed by atoms with Crippen LogP contribution in [0.4, 0.5) is 0 Å². The Morgan fingerprint density at radius 1 is 1.21 bits per heavy atom. The third-order valence-electron chi connectivity index (χ3n) is 4.73. The number of H-pyrrole nitrogens is 1. The van der Waals surface area contributed by atoms with Crippen LogP contribution in [0.2, 0.25) is 0 Å². The molecule has 4 rings (SSSR count). The minimum atomic E-state index is -0.807. The van der Waals surface area contributed by atoms with Crippen LogP contribution in [0.25, 0.3) is 10.9 Å². The third kappa shape index (κ3) is 2.70. The van der Waals surface area contributed by atoms with Crippen molar-refractivity contribution in [1.29, 1.82) is 0 Å². The average molecular weight is 379 g/mol. The second-order valence-electron chi connectivity index (χ2n) is 6.33.